The highest BCUT2D eigenvalue weighted by molar-refractivity contribution is 7.07. The zero-order chi connectivity index (χ0) is 28.1. The topological polar surface area (TPSA) is 73.8 Å². The fourth-order valence-corrected chi connectivity index (χ4v) is 6.58. The zero-order valence-corrected chi connectivity index (χ0v) is 22.8. The molecule has 0 fully saturated rings. The van der Waals surface area contributed by atoms with Crippen LogP contribution in [0.5, 0.6) is 0 Å². The molecule has 0 saturated carbocycles. The van der Waals surface area contributed by atoms with Crippen LogP contribution in [0, 0.1) is 5.82 Å². The number of carbonyl (C=O) groups is 1. The first kappa shape index (κ1) is 25.2. The number of furan rings is 1. The molecule has 202 valence electrons. The van der Waals surface area contributed by atoms with Gasteiger partial charge in [-0.3, -0.25) is 9.36 Å². The van der Waals surface area contributed by atoms with E-state index in [1.807, 2.05) is 18.2 Å². The molecule has 0 unspecified atom stereocenters. The van der Waals surface area contributed by atoms with Crippen LogP contribution in [-0.4, -0.2) is 17.6 Å². The summed E-state index contributed by atoms with van der Waals surface area (Å²) in [7, 11) is 1.34. The highest BCUT2D eigenvalue weighted by atomic mass is 32.1. The van der Waals surface area contributed by atoms with E-state index in [0.717, 1.165) is 40.8 Å². The van der Waals surface area contributed by atoms with Crippen molar-refractivity contribution in [3.8, 4) is 11.3 Å². The molecule has 6 nitrogen and oxygen atoms in total. The fraction of sp³-hybridized carbons (Fsp3) is 0.121. The summed E-state index contributed by atoms with van der Waals surface area (Å²) < 4.78 is 27.0. The Morgan fingerprint density at radius 1 is 1.05 bits per heavy atom. The van der Waals surface area contributed by atoms with Gasteiger partial charge in [-0.2, -0.15) is 0 Å². The number of thiazole rings is 1. The minimum absolute atomic E-state index is 0.181. The number of ether oxygens (including phenoxy) is 1. The third-order valence-corrected chi connectivity index (χ3v) is 8.51. The lowest BCUT2D eigenvalue weighted by atomic mass is 9.83. The van der Waals surface area contributed by atoms with E-state index in [9.17, 15) is 14.0 Å². The first-order chi connectivity index (χ1) is 20.0. The Hall–Kier alpha value is -4.82. The Kier molecular flexibility index (Phi) is 6.12. The number of aryl methyl sites for hydroxylation is 1. The molecule has 2 aliphatic rings. The van der Waals surface area contributed by atoms with Crippen LogP contribution in [0.2, 0.25) is 0 Å². The lowest BCUT2D eigenvalue weighted by Gasteiger charge is -2.30. The second kappa shape index (κ2) is 9.98. The van der Waals surface area contributed by atoms with Crippen LogP contribution in [0.1, 0.15) is 45.3 Å². The first-order valence-electron chi connectivity index (χ1n) is 13.2. The van der Waals surface area contributed by atoms with Gasteiger partial charge in [-0.05, 0) is 65.9 Å². The van der Waals surface area contributed by atoms with Crippen molar-refractivity contribution in [1.82, 2.24) is 4.57 Å². The number of allylic oxidation sites excluding steroid dienone is 1. The summed E-state index contributed by atoms with van der Waals surface area (Å²) in [5.74, 6) is 0.308. The number of hydrogen-bond donors (Lipinski definition) is 0. The van der Waals surface area contributed by atoms with Crippen LogP contribution in [0.15, 0.2) is 105 Å². The van der Waals surface area contributed by atoms with Crippen molar-refractivity contribution in [3.63, 3.8) is 0 Å². The molecule has 8 heteroatoms. The smallest absolute Gasteiger partial charge is 0.337 e. The van der Waals surface area contributed by atoms with Crippen LogP contribution in [0.25, 0.3) is 23.1 Å². The number of benzene rings is 3. The van der Waals surface area contributed by atoms with Gasteiger partial charge in [-0.25, -0.2) is 14.2 Å². The molecular weight excluding hydrogens is 539 g/mol. The van der Waals surface area contributed by atoms with Gasteiger partial charge in [0.25, 0.3) is 5.56 Å². The van der Waals surface area contributed by atoms with Gasteiger partial charge >= 0.3 is 5.97 Å². The maximum atomic E-state index is 13.9. The van der Waals surface area contributed by atoms with Crippen molar-refractivity contribution in [1.29, 1.82) is 0 Å². The lowest BCUT2D eigenvalue weighted by Crippen LogP contribution is -2.38. The van der Waals surface area contributed by atoms with Gasteiger partial charge in [-0.1, -0.05) is 59.9 Å². The molecule has 3 aromatic carbocycles. The van der Waals surface area contributed by atoms with Gasteiger partial charge < -0.3 is 9.15 Å². The predicted molar refractivity (Wildman–Crippen MR) is 155 cm³/mol. The molecule has 7 rings (SSSR count). The van der Waals surface area contributed by atoms with Crippen molar-refractivity contribution >= 4 is 29.1 Å². The predicted octanol–water partition coefficient (Wildman–Crippen LogP) is 5.50. The monoisotopic (exact) mass is 562 g/mol. The highest BCUT2D eigenvalue weighted by Crippen LogP contribution is 2.41. The van der Waals surface area contributed by atoms with E-state index in [0.29, 0.717) is 26.4 Å². The van der Waals surface area contributed by atoms with Crippen LogP contribution in [0.4, 0.5) is 4.39 Å². The van der Waals surface area contributed by atoms with E-state index in [4.69, 9.17) is 14.1 Å². The van der Waals surface area contributed by atoms with E-state index in [1.54, 1.807) is 53.1 Å². The molecule has 1 atom stereocenters. The van der Waals surface area contributed by atoms with Crippen LogP contribution < -0.4 is 14.9 Å². The number of halogens is 1. The number of carbonyl (C=O) groups excluding carboxylic acids is 1. The molecule has 0 saturated heterocycles. The molecule has 41 heavy (non-hydrogen) atoms. The number of methoxy groups -OCH3 is 1. The van der Waals surface area contributed by atoms with Crippen molar-refractivity contribution in [2.75, 3.05) is 7.11 Å². The third-order valence-electron chi connectivity index (χ3n) is 7.53. The number of nitrogens with zero attached hydrogens (tertiary/aromatic N) is 2. The molecule has 0 spiro atoms. The molecule has 0 bridgehead atoms. The Bertz CT molecular complexity index is 2050. The molecular formula is C33H23FN2O4S. The zero-order valence-electron chi connectivity index (χ0n) is 22.0. The summed E-state index contributed by atoms with van der Waals surface area (Å²) in [6.45, 7) is 0. The van der Waals surface area contributed by atoms with Crippen LogP contribution in [0.3, 0.4) is 0 Å². The van der Waals surface area contributed by atoms with Gasteiger partial charge in [-0.15, -0.1) is 0 Å². The number of rotatable bonds is 4. The molecule has 0 radical (unpaired) electrons. The van der Waals surface area contributed by atoms with Crippen molar-refractivity contribution in [2.24, 2.45) is 4.99 Å². The molecule has 3 heterocycles. The van der Waals surface area contributed by atoms with E-state index >= 15 is 0 Å². The standard InChI is InChI=1S/C33H23FN2O4S/c1-39-32(38)22-7-4-6-21(17-22)27-16-14-24(40-27)18-28-31(37)36-30(20-9-12-23(34)13-10-20)26-15-11-19-5-2-3-8-25(19)29(26)35-33(36)41-28/h2-10,12-14,16-18,30H,11,15H2,1H3/b28-18+/t30-/m1/s1. The van der Waals surface area contributed by atoms with E-state index in [-0.39, 0.29) is 17.4 Å². The summed E-state index contributed by atoms with van der Waals surface area (Å²) in [6, 6.07) is 24.8. The summed E-state index contributed by atoms with van der Waals surface area (Å²) in [6.07, 6.45) is 3.32. The van der Waals surface area contributed by atoms with Gasteiger partial charge in [0.2, 0.25) is 0 Å². The Labute approximate surface area is 238 Å². The highest BCUT2D eigenvalue weighted by Gasteiger charge is 2.32. The molecule has 2 aromatic heterocycles. The molecule has 1 aliphatic heterocycles. The number of aromatic nitrogens is 1. The largest absolute Gasteiger partial charge is 0.465 e. The number of hydrogen-bond acceptors (Lipinski definition) is 6. The normalized spacial score (nSPS) is 16.0. The third kappa shape index (κ3) is 4.37. The average Bonchev–Trinajstić information content (AvgIpc) is 3.60. The fourth-order valence-electron chi connectivity index (χ4n) is 5.60. The van der Waals surface area contributed by atoms with E-state index in [2.05, 4.69) is 12.1 Å². The van der Waals surface area contributed by atoms with E-state index in [1.165, 1.54) is 36.1 Å². The maximum Gasteiger partial charge on any atom is 0.337 e. The van der Waals surface area contributed by atoms with Crippen molar-refractivity contribution in [3.05, 3.63) is 144 Å². The minimum Gasteiger partial charge on any atom is -0.465 e. The summed E-state index contributed by atoms with van der Waals surface area (Å²) in [5, 5.41) is 0. The molecule has 0 N–H and O–H groups in total. The Morgan fingerprint density at radius 2 is 1.88 bits per heavy atom. The first-order valence-corrected chi connectivity index (χ1v) is 14.0. The van der Waals surface area contributed by atoms with Gasteiger partial charge in [0, 0.05) is 17.2 Å². The summed E-state index contributed by atoms with van der Waals surface area (Å²) in [5.41, 5.74) is 6.04. The maximum absolute atomic E-state index is 13.9. The van der Waals surface area contributed by atoms with Crippen LogP contribution >= 0.6 is 11.3 Å². The van der Waals surface area contributed by atoms with Gasteiger partial charge in [0.05, 0.1) is 28.9 Å². The van der Waals surface area contributed by atoms with E-state index < -0.39 is 5.97 Å². The van der Waals surface area contributed by atoms with Crippen molar-refractivity contribution in [2.45, 2.75) is 18.9 Å². The van der Waals surface area contributed by atoms with Crippen molar-refractivity contribution < 1.29 is 18.3 Å². The summed E-state index contributed by atoms with van der Waals surface area (Å²) >= 11 is 1.30. The number of fused-ring (bicyclic) bond motifs is 3. The van der Waals surface area contributed by atoms with Crippen LogP contribution in [-0.2, 0) is 11.2 Å². The SMILES string of the molecule is COC(=O)c1cccc(-c2ccc(/C=c3/sc4n(c3=O)[C@H](c3ccc(F)cc3)C3=C(N=4)c4ccccc4CC3)o2)c1. The summed E-state index contributed by atoms with van der Waals surface area (Å²) in [4.78, 5) is 31.5. The molecule has 0 amide bonds. The average molecular weight is 563 g/mol. The molecule has 5 aromatic rings. The number of esters is 1. The Balaban J connectivity index is 1.35. The second-order valence-corrected chi connectivity index (χ2v) is 10.9. The van der Waals surface area contributed by atoms with Gasteiger partial charge in [0.15, 0.2) is 4.80 Å². The molecule has 1 aliphatic carbocycles. The minimum atomic E-state index is -0.430. The quantitative estimate of drug-likeness (QED) is 0.271. The van der Waals surface area contributed by atoms with Gasteiger partial charge in [0.1, 0.15) is 17.3 Å². The second-order valence-electron chi connectivity index (χ2n) is 9.94. The lowest BCUT2D eigenvalue weighted by molar-refractivity contribution is 0.0601. The Morgan fingerprint density at radius 3 is 2.71 bits per heavy atom.